The topological polar surface area (TPSA) is 41.4 Å². The fourth-order valence-corrected chi connectivity index (χ4v) is 2.04. The highest BCUT2D eigenvalue weighted by atomic mass is 16.1. The zero-order valence-electron chi connectivity index (χ0n) is 9.83. The Morgan fingerprint density at radius 3 is 2.56 bits per heavy atom. The number of piperazine rings is 1. The van der Waals surface area contributed by atoms with Crippen LogP contribution in [0.15, 0.2) is 12.3 Å². The van der Waals surface area contributed by atoms with Crippen molar-refractivity contribution in [1.82, 2.24) is 19.6 Å². The molecule has 16 heavy (non-hydrogen) atoms. The van der Waals surface area contributed by atoms with Crippen molar-refractivity contribution < 1.29 is 4.79 Å². The van der Waals surface area contributed by atoms with Crippen LogP contribution in [0.4, 0.5) is 0 Å². The molecule has 2 heterocycles. The summed E-state index contributed by atoms with van der Waals surface area (Å²) in [5.74, 6) is 0. The first-order chi connectivity index (χ1) is 7.72. The highest BCUT2D eigenvalue weighted by Crippen LogP contribution is 2.14. The SMILES string of the molecule is Cc1ccnn1C(C=O)N1CCN(C)CC1. The van der Waals surface area contributed by atoms with Crippen molar-refractivity contribution in [3.63, 3.8) is 0 Å². The molecule has 0 amide bonds. The fourth-order valence-electron chi connectivity index (χ4n) is 2.04. The summed E-state index contributed by atoms with van der Waals surface area (Å²) in [5, 5.41) is 4.21. The Morgan fingerprint density at radius 2 is 2.06 bits per heavy atom. The number of aryl methyl sites for hydroxylation is 1. The molecule has 1 fully saturated rings. The van der Waals surface area contributed by atoms with Crippen LogP contribution in [0.2, 0.25) is 0 Å². The van der Waals surface area contributed by atoms with Crippen LogP contribution in [0.5, 0.6) is 0 Å². The second-order valence-electron chi connectivity index (χ2n) is 4.31. The van der Waals surface area contributed by atoms with E-state index in [0.717, 1.165) is 38.2 Å². The third kappa shape index (κ3) is 2.15. The van der Waals surface area contributed by atoms with Crippen molar-refractivity contribution in [2.45, 2.75) is 13.1 Å². The Kier molecular flexibility index (Phi) is 3.36. The van der Waals surface area contributed by atoms with E-state index in [1.165, 1.54) is 0 Å². The van der Waals surface area contributed by atoms with Gasteiger partial charge in [-0.05, 0) is 20.0 Å². The van der Waals surface area contributed by atoms with Crippen LogP contribution in [-0.4, -0.2) is 59.1 Å². The lowest BCUT2D eigenvalue weighted by atomic mass is 10.3. The Bertz CT molecular complexity index is 355. The zero-order valence-corrected chi connectivity index (χ0v) is 9.83. The second kappa shape index (κ2) is 4.76. The molecule has 0 radical (unpaired) electrons. The van der Waals surface area contributed by atoms with Crippen molar-refractivity contribution in [3.05, 3.63) is 18.0 Å². The molecule has 0 spiro atoms. The summed E-state index contributed by atoms with van der Waals surface area (Å²) in [4.78, 5) is 15.7. The van der Waals surface area contributed by atoms with Crippen LogP contribution in [-0.2, 0) is 4.79 Å². The predicted octanol–water partition coefficient (Wildman–Crippen LogP) is 0.136. The van der Waals surface area contributed by atoms with Crippen LogP contribution < -0.4 is 0 Å². The summed E-state index contributed by atoms with van der Waals surface area (Å²) in [6.07, 6.45) is 2.47. The number of likely N-dealkylation sites (N-methyl/N-ethyl adjacent to an activating group) is 1. The lowest BCUT2D eigenvalue weighted by Gasteiger charge is -2.35. The Hall–Kier alpha value is -1.20. The minimum Gasteiger partial charge on any atom is -0.304 e. The van der Waals surface area contributed by atoms with E-state index in [-0.39, 0.29) is 6.17 Å². The minimum absolute atomic E-state index is 0.247. The molecule has 0 bridgehead atoms. The number of hydrogen-bond donors (Lipinski definition) is 0. The molecule has 1 atom stereocenters. The lowest BCUT2D eigenvalue weighted by molar-refractivity contribution is -0.116. The van der Waals surface area contributed by atoms with Gasteiger partial charge in [-0.15, -0.1) is 0 Å². The lowest BCUT2D eigenvalue weighted by Crippen LogP contribution is -2.48. The average molecular weight is 222 g/mol. The van der Waals surface area contributed by atoms with Gasteiger partial charge < -0.3 is 4.90 Å². The van der Waals surface area contributed by atoms with Crippen molar-refractivity contribution in [1.29, 1.82) is 0 Å². The molecule has 1 aliphatic heterocycles. The maximum absolute atomic E-state index is 11.2. The quantitative estimate of drug-likeness (QED) is 0.682. The predicted molar refractivity (Wildman–Crippen MR) is 61.1 cm³/mol. The fraction of sp³-hybridized carbons (Fsp3) is 0.636. The molecule has 1 aliphatic rings. The molecule has 1 aromatic rings. The molecule has 5 nitrogen and oxygen atoms in total. The monoisotopic (exact) mass is 222 g/mol. The normalized spacial score (nSPS) is 20.9. The van der Waals surface area contributed by atoms with E-state index in [4.69, 9.17) is 0 Å². The molecule has 1 unspecified atom stereocenters. The number of aromatic nitrogens is 2. The molecule has 1 saturated heterocycles. The first-order valence-electron chi connectivity index (χ1n) is 5.60. The molecule has 2 rings (SSSR count). The third-order valence-electron chi connectivity index (χ3n) is 3.15. The third-order valence-corrected chi connectivity index (χ3v) is 3.15. The van der Waals surface area contributed by atoms with E-state index in [1.807, 2.05) is 13.0 Å². The maximum Gasteiger partial charge on any atom is 0.160 e. The zero-order chi connectivity index (χ0) is 11.5. The highest BCUT2D eigenvalue weighted by Gasteiger charge is 2.24. The molecule has 88 valence electrons. The Morgan fingerprint density at radius 1 is 1.38 bits per heavy atom. The van der Waals surface area contributed by atoms with Gasteiger partial charge in [0, 0.05) is 38.1 Å². The molecular formula is C11H18N4O. The van der Waals surface area contributed by atoms with Crippen LogP contribution in [0.3, 0.4) is 0 Å². The van der Waals surface area contributed by atoms with E-state index in [1.54, 1.807) is 10.9 Å². The van der Waals surface area contributed by atoms with Gasteiger partial charge in [-0.1, -0.05) is 0 Å². The van der Waals surface area contributed by atoms with E-state index < -0.39 is 0 Å². The van der Waals surface area contributed by atoms with Crippen molar-refractivity contribution in [2.75, 3.05) is 33.2 Å². The van der Waals surface area contributed by atoms with Crippen LogP contribution in [0, 0.1) is 6.92 Å². The summed E-state index contributed by atoms with van der Waals surface area (Å²) >= 11 is 0. The number of carbonyl (C=O) groups is 1. The van der Waals surface area contributed by atoms with Crippen molar-refractivity contribution in [2.24, 2.45) is 0 Å². The van der Waals surface area contributed by atoms with Gasteiger partial charge in [-0.3, -0.25) is 9.69 Å². The van der Waals surface area contributed by atoms with E-state index in [9.17, 15) is 4.79 Å². The molecule has 1 aromatic heterocycles. The number of rotatable bonds is 3. The van der Waals surface area contributed by atoms with Crippen molar-refractivity contribution in [3.8, 4) is 0 Å². The molecule has 0 aliphatic carbocycles. The molecular weight excluding hydrogens is 204 g/mol. The summed E-state index contributed by atoms with van der Waals surface area (Å²) in [7, 11) is 2.10. The van der Waals surface area contributed by atoms with Gasteiger partial charge in [-0.25, -0.2) is 4.68 Å². The second-order valence-corrected chi connectivity index (χ2v) is 4.31. The highest BCUT2D eigenvalue weighted by molar-refractivity contribution is 5.55. The average Bonchev–Trinajstić information content (AvgIpc) is 2.69. The number of aldehydes is 1. The summed E-state index contributed by atoms with van der Waals surface area (Å²) in [6, 6.07) is 1.92. The summed E-state index contributed by atoms with van der Waals surface area (Å²) < 4.78 is 1.79. The van der Waals surface area contributed by atoms with E-state index >= 15 is 0 Å². The molecule has 0 saturated carbocycles. The standard InChI is InChI=1S/C11H18N4O/c1-10-3-4-12-15(10)11(9-16)14-7-5-13(2)6-8-14/h3-4,9,11H,5-8H2,1-2H3. The largest absolute Gasteiger partial charge is 0.304 e. The minimum atomic E-state index is -0.247. The Labute approximate surface area is 95.6 Å². The molecule has 0 N–H and O–H groups in total. The van der Waals surface area contributed by atoms with Crippen LogP contribution >= 0.6 is 0 Å². The summed E-state index contributed by atoms with van der Waals surface area (Å²) in [5.41, 5.74) is 1.02. The van der Waals surface area contributed by atoms with Gasteiger partial charge in [0.05, 0.1) is 0 Å². The van der Waals surface area contributed by atoms with Crippen LogP contribution in [0.25, 0.3) is 0 Å². The number of hydrogen-bond acceptors (Lipinski definition) is 4. The van der Waals surface area contributed by atoms with Gasteiger partial charge in [0.2, 0.25) is 0 Å². The smallest absolute Gasteiger partial charge is 0.160 e. The van der Waals surface area contributed by atoms with E-state index in [0.29, 0.717) is 0 Å². The van der Waals surface area contributed by atoms with Gasteiger partial charge in [-0.2, -0.15) is 5.10 Å². The van der Waals surface area contributed by atoms with Crippen molar-refractivity contribution >= 4 is 6.29 Å². The van der Waals surface area contributed by atoms with Gasteiger partial charge in [0.25, 0.3) is 0 Å². The first kappa shape index (κ1) is 11.3. The Balaban J connectivity index is 2.11. The number of nitrogens with zero attached hydrogens (tertiary/aromatic N) is 4. The van der Waals surface area contributed by atoms with E-state index in [2.05, 4.69) is 21.9 Å². The molecule has 0 aromatic carbocycles. The summed E-state index contributed by atoms with van der Waals surface area (Å²) in [6.45, 7) is 5.81. The maximum atomic E-state index is 11.2. The van der Waals surface area contributed by atoms with Gasteiger partial charge in [0.15, 0.2) is 12.5 Å². The number of carbonyl (C=O) groups excluding carboxylic acids is 1. The van der Waals surface area contributed by atoms with Gasteiger partial charge in [0.1, 0.15) is 0 Å². The molecule has 5 heteroatoms. The van der Waals surface area contributed by atoms with Crippen LogP contribution in [0.1, 0.15) is 11.9 Å². The van der Waals surface area contributed by atoms with Gasteiger partial charge >= 0.3 is 0 Å². The first-order valence-corrected chi connectivity index (χ1v) is 5.60.